The highest BCUT2D eigenvalue weighted by molar-refractivity contribution is 5.94. The molecule has 1 aromatic rings. The Hall–Kier alpha value is -2.02. The minimum atomic E-state index is -0.891. The molecular weight excluding hydrogens is 340 g/mol. The standard InChI is InChI=1S/C19H27F2N3O2/c1-14(2)13-23-8-10-24(11-9-23)18(25)4-3-7-22-19(26)16-6-5-15(20)12-17(16)21/h5-6,12,14H,3-4,7-11,13H2,1-2H3,(H,22,26). The summed E-state index contributed by atoms with van der Waals surface area (Å²) in [6.07, 6.45) is 0.829. The van der Waals surface area contributed by atoms with Crippen LogP contribution in [0.15, 0.2) is 18.2 Å². The van der Waals surface area contributed by atoms with Gasteiger partial charge in [-0.15, -0.1) is 0 Å². The third-order valence-corrected chi connectivity index (χ3v) is 4.38. The Labute approximate surface area is 153 Å². The van der Waals surface area contributed by atoms with Crippen LogP contribution < -0.4 is 5.32 Å². The Morgan fingerprint density at radius 3 is 2.46 bits per heavy atom. The van der Waals surface area contributed by atoms with Crippen LogP contribution in [-0.4, -0.2) is 60.9 Å². The van der Waals surface area contributed by atoms with Crippen LogP contribution in [0.25, 0.3) is 0 Å². The first kappa shape index (κ1) is 20.3. The fourth-order valence-electron chi connectivity index (χ4n) is 3.06. The highest BCUT2D eigenvalue weighted by Gasteiger charge is 2.21. The van der Waals surface area contributed by atoms with E-state index >= 15 is 0 Å². The van der Waals surface area contributed by atoms with E-state index in [9.17, 15) is 18.4 Å². The topological polar surface area (TPSA) is 52.6 Å². The maximum Gasteiger partial charge on any atom is 0.254 e. The molecule has 1 fully saturated rings. The van der Waals surface area contributed by atoms with Crippen molar-refractivity contribution in [3.8, 4) is 0 Å². The summed E-state index contributed by atoms with van der Waals surface area (Å²) in [6.45, 7) is 8.95. The van der Waals surface area contributed by atoms with E-state index in [2.05, 4.69) is 24.1 Å². The van der Waals surface area contributed by atoms with Crippen molar-refractivity contribution >= 4 is 11.8 Å². The summed E-state index contributed by atoms with van der Waals surface area (Å²) >= 11 is 0. The van der Waals surface area contributed by atoms with Crippen molar-refractivity contribution in [3.63, 3.8) is 0 Å². The largest absolute Gasteiger partial charge is 0.352 e. The fraction of sp³-hybridized carbons (Fsp3) is 0.579. The molecule has 1 saturated heterocycles. The van der Waals surface area contributed by atoms with Gasteiger partial charge in [-0.2, -0.15) is 0 Å². The molecule has 0 spiro atoms. The first-order valence-corrected chi connectivity index (χ1v) is 9.10. The number of rotatable bonds is 7. The summed E-state index contributed by atoms with van der Waals surface area (Å²) in [5, 5.41) is 2.57. The smallest absolute Gasteiger partial charge is 0.254 e. The Kier molecular flexibility index (Phi) is 7.50. The van der Waals surface area contributed by atoms with Crippen LogP contribution in [0.4, 0.5) is 8.78 Å². The summed E-state index contributed by atoms with van der Waals surface area (Å²) in [4.78, 5) is 28.3. The van der Waals surface area contributed by atoms with Crippen molar-refractivity contribution in [1.82, 2.24) is 15.1 Å². The summed E-state index contributed by atoms with van der Waals surface area (Å²) in [6, 6.07) is 2.83. The van der Waals surface area contributed by atoms with Gasteiger partial charge < -0.3 is 10.2 Å². The molecule has 1 heterocycles. The van der Waals surface area contributed by atoms with Gasteiger partial charge in [-0.1, -0.05) is 13.8 Å². The van der Waals surface area contributed by atoms with E-state index in [1.807, 2.05) is 4.90 Å². The molecule has 1 aromatic carbocycles. The number of carbonyl (C=O) groups excluding carboxylic acids is 2. The van der Waals surface area contributed by atoms with Gasteiger partial charge in [0.25, 0.3) is 5.91 Å². The maximum atomic E-state index is 13.5. The molecule has 7 heteroatoms. The first-order chi connectivity index (χ1) is 12.4. The number of carbonyl (C=O) groups is 2. The maximum absolute atomic E-state index is 13.5. The minimum Gasteiger partial charge on any atom is -0.352 e. The molecule has 0 unspecified atom stereocenters. The summed E-state index contributed by atoms with van der Waals surface area (Å²) in [5.74, 6) is -1.52. The highest BCUT2D eigenvalue weighted by Crippen LogP contribution is 2.10. The second-order valence-corrected chi connectivity index (χ2v) is 7.06. The van der Waals surface area contributed by atoms with Gasteiger partial charge in [0.05, 0.1) is 5.56 Å². The molecule has 5 nitrogen and oxygen atoms in total. The molecule has 144 valence electrons. The van der Waals surface area contributed by atoms with Crippen molar-refractivity contribution in [3.05, 3.63) is 35.4 Å². The van der Waals surface area contributed by atoms with Crippen LogP contribution in [0, 0.1) is 17.6 Å². The van der Waals surface area contributed by atoms with Crippen LogP contribution in [0.1, 0.15) is 37.0 Å². The number of nitrogens with zero attached hydrogens (tertiary/aromatic N) is 2. The molecule has 0 atom stereocenters. The van der Waals surface area contributed by atoms with Gasteiger partial charge in [0.2, 0.25) is 5.91 Å². The molecule has 0 aliphatic carbocycles. The van der Waals surface area contributed by atoms with Gasteiger partial charge in [-0.3, -0.25) is 14.5 Å². The van der Waals surface area contributed by atoms with Gasteiger partial charge >= 0.3 is 0 Å². The zero-order valence-corrected chi connectivity index (χ0v) is 15.4. The summed E-state index contributed by atoms with van der Waals surface area (Å²) in [7, 11) is 0. The lowest BCUT2D eigenvalue weighted by molar-refractivity contribution is -0.133. The Morgan fingerprint density at radius 1 is 1.15 bits per heavy atom. The Morgan fingerprint density at radius 2 is 1.85 bits per heavy atom. The number of piperazine rings is 1. The SMILES string of the molecule is CC(C)CN1CCN(C(=O)CCCNC(=O)c2ccc(F)cc2F)CC1. The third-order valence-electron chi connectivity index (χ3n) is 4.38. The molecule has 1 N–H and O–H groups in total. The van der Waals surface area contributed by atoms with E-state index in [1.54, 1.807) is 0 Å². The molecule has 0 radical (unpaired) electrons. The lowest BCUT2D eigenvalue weighted by atomic mass is 10.1. The predicted octanol–water partition coefficient (Wildman–Crippen LogP) is 2.27. The van der Waals surface area contributed by atoms with Crippen molar-refractivity contribution < 1.29 is 18.4 Å². The second kappa shape index (κ2) is 9.62. The molecule has 2 rings (SSSR count). The Bertz CT molecular complexity index is 629. The van der Waals surface area contributed by atoms with Crippen molar-refractivity contribution in [2.24, 2.45) is 5.92 Å². The van der Waals surface area contributed by atoms with Crippen LogP contribution >= 0.6 is 0 Å². The number of halogens is 2. The van der Waals surface area contributed by atoms with E-state index in [0.29, 0.717) is 24.8 Å². The first-order valence-electron chi connectivity index (χ1n) is 9.10. The number of nitrogens with one attached hydrogen (secondary N) is 1. The number of benzene rings is 1. The van der Waals surface area contributed by atoms with Gasteiger partial charge in [-0.05, 0) is 24.5 Å². The van der Waals surface area contributed by atoms with Crippen LogP contribution in [-0.2, 0) is 4.79 Å². The van der Waals surface area contributed by atoms with E-state index in [4.69, 9.17) is 0 Å². The monoisotopic (exact) mass is 367 g/mol. The lowest BCUT2D eigenvalue weighted by Crippen LogP contribution is -2.49. The van der Waals surface area contributed by atoms with Crippen molar-refractivity contribution in [2.75, 3.05) is 39.3 Å². The fourth-order valence-corrected chi connectivity index (χ4v) is 3.06. The van der Waals surface area contributed by atoms with Crippen molar-refractivity contribution in [1.29, 1.82) is 0 Å². The number of hydrogen-bond donors (Lipinski definition) is 1. The zero-order chi connectivity index (χ0) is 19.1. The van der Waals surface area contributed by atoms with E-state index in [-0.39, 0.29) is 18.0 Å². The molecule has 0 bridgehead atoms. The molecule has 0 saturated carbocycles. The average molecular weight is 367 g/mol. The summed E-state index contributed by atoms with van der Waals surface area (Å²) in [5.41, 5.74) is -0.195. The highest BCUT2D eigenvalue weighted by atomic mass is 19.1. The molecular formula is C19H27F2N3O2. The van der Waals surface area contributed by atoms with Gasteiger partial charge in [-0.25, -0.2) is 8.78 Å². The minimum absolute atomic E-state index is 0.0800. The second-order valence-electron chi connectivity index (χ2n) is 7.06. The molecule has 2 amide bonds. The third kappa shape index (κ3) is 6.05. The van der Waals surface area contributed by atoms with E-state index in [0.717, 1.165) is 44.9 Å². The van der Waals surface area contributed by atoms with Gasteiger partial charge in [0.15, 0.2) is 0 Å². The molecule has 0 aromatic heterocycles. The Balaban J connectivity index is 1.66. The molecule has 1 aliphatic heterocycles. The predicted molar refractivity (Wildman–Crippen MR) is 95.8 cm³/mol. The lowest BCUT2D eigenvalue weighted by Gasteiger charge is -2.35. The average Bonchev–Trinajstić information content (AvgIpc) is 2.58. The van der Waals surface area contributed by atoms with Gasteiger partial charge in [0, 0.05) is 51.8 Å². The number of amides is 2. The molecule has 1 aliphatic rings. The molecule has 26 heavy (non-hydrogen) atoms. The van der Waals surface area contributed by atoms with E-state index in [1.165, 1.54) is 0 Å². The van der Waals surface area contributed by atoms with Gasteiger partial charge in [0.1, 0.15) is 11.6 Å². The summed E-state index contributed by atoms with van der Waals surface area (Å²) < 4.78 is 26.4. The number of hydrogen-bond acceptors (Lipinski definition) is 3. The van der Waals surface area contributed by atoms with Crippen LogP contribution in [0.2, 0.25) is 0 Å². The van der Waals surface area contributed by atoms with Crippen LogP contribution in [0.3, 0.4) is 0 Å². The van der Waals surface area contributed by atoms with E-state index < -0.39 is 17.5 Å². The quantitative estimate of drug-likeness (QED) is 0.753. The van der Waals surface area contributed by atoms with Crippen LogP contribution in [0.5, 0.6) is 0 Å². The zero-order valence-electron chi connectivity index (χ0n) is 15.4. The normalized spacial score (nSPS) is 15.3. The van der Waals surface area contributed by atoms with Crippen molar-refractivity contribution in [2.45, 2.75) is 26.7 Å².